The Kier molecular flexibility index (Phi) is 4.67. The molecule has 106 valence electrons. The molecule has 1 aromatic rings. The highest BCUT2D eigenvalue weighted by molar-refractivity contribution is 5.30. The van der Waals surface area contributed by atoms with E-state index in [1.165, 1.54) is 37.9 Å². The molecular formula is C18H29N. The van der Waals surface area contributed by atoms with Crippen LogP contribution in [0.2, 0.25) is 0 Å². The number of benzene rings is 1. The fraction of sp³-hybridized carbons (Fsp3) is 0.667. The molecule has 2 rings (SSSR count). The standard InChI is InChI=1S/C18H29N/c1-5-6-15-13-19-12-11-17(15)14-7-9-16(10-8-14)18(2,3)4/h7-10,15,17,19H,5-6,11-13H2,1-4H3. The number of hydrogen-bond donors (Lipinski definition) is 1. The zero-order valence-electron chi connectivity index (χ0n) is 13.0. The average Bonchev–Trinajstić information content (AvgIpc) is 2.39. The van der Waals surface area contributed by atoms with Crippen LogP contribution in [0.5, 0.6) is 0 Å². The first-order chi connectivity index (χ1) is 9.02. The van der Waals surface area contributed by atoms with E-state index in [9.17, 15) is 0 Å². The van der Waals surface area contributed by atoms with E-state index < -0.39 is 0 Å². The summed E-state index contributed by atoms with van der Waals surface area (Å²) in [6.07, 6.45) is 3.93. The number of nitrogens with one attached hydrogen (secondary N) is 1. The van der Waals surface area contributed by atoms with Crippen molar-refractivity contribution in [3.05, 3.63) is 35.4 Å². The molecule has 1 heteroatoms. The number of rotatable bonds is 3. The first kappa shape index (κ1) is 14.6. The Morgan fingerprint density at radius 1 is 1.16 bits per heavy atom. The lowest BCUT2D eigenvalue weighted by atomic mass is 9.78. The van der Waals surface area contributed by atoms with Crippen molar-refractivity contribution >= 4 is 0 Å². The first-order valence-electron chi connectivity index (χ1n) is 7.83. The summed E-state index contributed by atoms with van der Waals surface area (Å²) >= 11 is 0. The van der Waals surface area contributed by atoms with Crippen LogP contribution >= 0.6 is 0 Å². The van der Waals surface area contributed by atoms with Crippen LogP contribution in [0, 0.1) is 5.92 Å². The Labute approximate surface area is 118 Å². The molecule has 19 heavy (non-hydrogen) atoms. The van der Waals surface area contributed by atoms with Gasteiger partial charge in [-0.1, -0.05) is 58.4 Å². The maximum absolute atomic E-state index is 3.56. The van der Waals surface area contributed by atoms with Crippen molar-refractivity contribution in [3.63, 3.8) is 0 Å². The third-order valence-corrected chi connectivity index (χ3v) is 4.47. The van der Waals surface area contributed by atoms with E-state index in [4.69, 9.17) is 0 Å². The van der Waals surface area contributed by atoms with Gasteiger partial charge in [0.15, 0.2) is 0 Å². The van der Waals surface area contributed by atoms with Crippen LogP contribution in [0.4, 0.5) is 0 Å². The van der Waals surface area contributed by atoms with Crippen molar-refractivity contribution < 1.29 is 0 Å². The molecule has 0 aliphatic carbocycles. The van der Waals surface area contributed by atoms with Crippen LogP contribution < -0.4 is 5.32 Å². The molecule has 2 unspecified atom stereocenters. The molecule has 0 bridgehead atoms. The molecule has 1 heterocycles. The van der Waals surface area contributed by atoms with Gasteiger partial charge in [-0.05, 0) is 54.3 Å². The van der Waals surface area contributed by atoms with Gasteiger partial charge in [-0.2, -0.15) is 0 Å². The molecule has 1 saturated heterocycles. The third kappa shape index (κ3) is 3.60. The minimum absolute atomic E-state index is 0.259. The van der Waals surface area contributed by atoms with Crippen LogP contribution in [-0.4, -0.2) is 13.1 Å². The fourth-order valence-corrected chi connectivity index (χ4v) is 3.27. The molecule has 1 aromatic carbocycles. The summed E-state index contributed by atoms with van der Waals surface area (Å²) in [6.45, 7) is 11.5. The summed E-state index contributed by atoms with van der Waals surface area (Å²) in [6, 6.07) is 9.42. The van der Waals surface area contributed by atoms with Crippen molar-refractivity contribution in [1.29, 1.82) is 0 Å². The minimum atomic E-state index is 0.259. The van der Waals surface area contributed by atoms with Gasteiger partial charge < -0.3 is 5.32 Å². The molecule has 1 nitrogen and oxygen atoms in total. The summed E-state index contributed by atoms with van der Waals surface area (Å²) < 4.78 is 0. The smallest absolute Gasteiger partial charge is 0.00147 e. The Hall–Kier alpha value is -0.820. The SMILES string of the molecule is CCCC1CNCCC1c1ccc(C(C)(C)C)cc1. The normalized spacial score (nSPS) is 24.4. The van der Waals surface area contributed by atoms with E-state index in [-0.39, 0.29) is 5.41 Å². The van der Waals surface area contributed by atoms with Gasteiger partial charge in [-0.3, -0.25) is 0 Å². The quantitative estimate of drug-likeness (QED) is 0.844. The van der Waals surface area contributed by atoms with Crippen LogP contribution in [-0.2, 0) is 5.41 Å². The first-order valence-corrected chi connectivity index (χ1v) is 7.83. The molecule has 1 fully saturated rings. The van der Waals surface area contributed by atoms with Gasteiger partial charge >= 0.3 is 0 Å². The van der Waals surface area contributed by atoms with Gasteiger partial charge in [0.05, 0.1) is 0 Å². The zero-order chi connectivity index (χ0) is 13.9. The second-order valence-electron chi connectivity index (χ2n) is 7.02. The van der Waals surface area contributed by atoms with Crippen LogP contribution in [0.25, 0.3) is 0 Å². The molecule has 2 atom stereocenters. The van der Waals surface area contributed by atoms with E-state index in [1.807, 2.05) is 0 Å². The number of piperidine rings is 1. The Morgan fingerprint density at radius 3 is 2.42 bits per heavy atom. The van der Waals surface area contributed by atoms with Crippen LogP contribution in [0.3, 0.4) is 0 Å². The Bertz CT molecular complexity index is 383. The van der Waals surface area contributed by atoms with Crippen LogP contribution in [0.15, 0.2) is 24.3 Å². The summed E-state index contributed by atoms with van der Waals surface area (Å²) in [5.74, 6) is 1.58. The summed E-state index contributed by atoms with van der Waals surface area (Å²) in [5, 5.41) is 3.56. The maximum atomic E-state index is 3.56. The average molecular weight is 259 g/mol. The van der Waals surface area contributed by atoms with E-state index in [0.29, 0.717) is 0 Å². The largest absolute Gasteiger partial charge is 0.316 e. The van der Waals surface area contributed by atoms with Crippen molar-refractivity contribution in [3.8, 4) is 0 Å². The molecule has 0 saturated carbocycles. The van der Waals surface area contributed by atoms with Crippen molar-refractivity contribution in [2.24, 2.45) is 5.92 Å². The third-order valence-electron chi connectivity index (χ3n) is 4.47. The molecule has 1 N–H and O–H groups in total. The molecule has 0 amide bonds. The minimum Gasteiger partial charge on any atom is -0.316 e. The lowest BCUT2D eigenvalue weighted by Gasteiger charge is -2.33. The van der Waals surface area contributed by atoms with Gasteiger partial charge in [-0.25, -0.2) is 0 Å². The number of hydrogen-bond acceptors (Lipinski definition) is 1. The Morgan fingerprint density at radius 2 is 1.84 bits per heavy atom. The van der Waals surface area contributed by atoms with E-state index in [2.05, 4.69) is 57.3 Å². The van der Waals surface area contributed by atoms with Gasteiger partial charge in [0, 0.05) is 0 Å². The van der Waals surface area contributed by atoms with Gasteiger partial charge in [0.2, 0.25) is 0 Å². The second-order valence-corrected chi connectivity index (χ2v) is 7.02. The highest BCUT2D eigenvalue weighted by Gasteiger charge is 2.25. The summed E-state index contributed by atoms with van der Waals surface area (Å²) in [7, 11) is 0. The summed E-state index contributed by atoms with van der Waals surface area (Å²) in [5.41, 5.74) is 3.25. The van der Waals surface area contributed by atoms with Crippen molar-refractivity contribution in [1.82, 2.24) is 5.32 Å². The van der Waals surface area contributed by atoms with Crippen molar-refractivity contribution in [2.45, 2.75) is 58.3 Å². The lowest BCUT2D eigenvalue weighted by Crippen LogP contribution is -2.35. The highest BCUT2D eigenvalue weighted by atomic mass is 14.9. The van der Waals surface area contributed by atoms with E-state index in [1.54, 1.807) is 5.56 Å². The molecule has 0 radical (unpaired) electrons. The van der Waals surface area contributed by atoms with Gasteiger partial charge in [0.25, 0.3) is 0 Å². The molecule has 1 aliphatic heterocycles. The molecular weight excluding hydrogens is 230 g/mol. The highest BCUT2D eigenvalue weighted by Crippen LogP contribution is 2.34. The molecule has 0 aromatic heterocycles. The predicted molar refractivity (Wildman–Crippen MR) is 83.8 cm³/mol. The topological polar surface area (TPSA) is 12.0 Å². The van der Waals surface area contributed by atoms with E-state index in [0.717, 1.165) is 11.8 Å². The predicted octanol–water partition coefficient (Wildman–Crippen LogP) is 4.48. The van der Waals surface area contributed by atoms with Crippen LogP contribution in [0.1, 0.15) is 64.0 Å². The van der Waals surface area contributed by atoms with Gasteiger partial charge in [-0.15, -0.1) is 0 Å². The second kappa shape index (κ2) is 6.09. The van der Waals surface area contributed by atoms with Crippen molar-refractivity contribution in [2.75, 3.05) is 13.1 Å². The van der Waals surface area contributed by atoms with Gasteiger partial charge in [0.1, 0.15) is 0 Å². The molecule has 1 aliphatic rings. The monoisotopic (exact) mass is 259 g/mol. The zero-order valence-corrected chi connectivity index (χ0v) is 13.0. The summed E-state index contributed by atoms with van der Waals surface area (Å²) in [4.78, 5) is 0. The Balaban J connectivity index is 2.15. The maximum Gasteiger partial charge on any atom is -0.00147 e. The van der Waals surface area contributed by atoms with E-state index >= 15 is 0 Å². The lowest BCUT2D eigenvalue weighted by molar-refractivity contribution is 0.306. The molecule has 0 spiro atoms. The fourth-order valence-electron chi connectivity index (χ4n) is 3.27.